The van der Waals surface area contributed by atoms with Gasteiger partial charge in [-0.05, 0) is 55.4 Å². The summed E-state index contributed by atoms with van der Waals surface area (Å²) in [6, 6.07) is 7.76. The van der Waals surface area contributed by atoms with Gasteiger partial charge in [0, 0.05) is 24.7 Å². The quantitative estimate of drug-likeness (QED) is 0.565. The first-order valence-corrected chi connectivity index (χ1v) is 10.4. The van der Waals surface area contributed by atoms with Crippen molar-refractivity contribution in [1.82, 2.24) is 19.5 Å². The molecular weight excluding hydrogens is 405 g/mol. The van der Waals surface area contributed by atoms with Crippen LogP contribution in [0.3, 0.4) is 0 Å². The number of aryl methyl sites for hydroxylation is 2. The molecule has 2 atom stereocenters. The second kappa shape index (κ2) is 7.66. The number of carbonyl (C=O) groups excluding carboxylic acids is 1. The second-order valence-electron chi connectivity index (χ2n) is 8.78. The second-order valence-corrected chi connectivity index (χ2v) is 8.78. The zero-order valence-corrected chi connectivity index (χ0v) is 18.0. The van der Waals surface area contributed by atoms with Gasteiger partial charge < -0.3 is 4.90 Å². The van der Waals surface area contributed by atoms with E-state index in [1.165, 1.54) is 6.07 Å². The molecule has 1 amide bonds. The highest BCUT2D eigenvalue weighted by Gasteiger charge is 2.36. The maximum atomic E-state index is 13.8. The number of benzene rings is 1. The number of fused-ring (bicyclic) bond motifs is 1. The van der Waals surface area contributed by atoms with Crippen molar-refractivity contribution in [2.75, 3.05) is 13.1 Å². The van der Waals surface area contributed by atoms with Crippen molar-refractivity contribution in [3.8, 4) is 11.3 Å². The zero-order valence-electron chi connectivity index (χ0n) is 18.0. The Balaban J connectivity index is 1.80. The highest BCUT2D eigenvalue weighted by molar-refractivity contribution is 5.93. The Kier molecular flexibility index (Phi) is 5.27. The van der Waals surface area contributed by atoms with Crippen molar-refractivity contribution >= 4 is 11.6 Å². The molecule has 0 N–H and O–H groups in total. The number of nitrogens with zero attached hydrogens (tertiary/aromatic N) is 4. The first-order valence-electron chi connectivity index (χ1n) is 10.4. The first kappa shape index (κ1) is 21.3. The van der Waals surface area contributed by atoms with E-state index in [2.05, 4.69) is 23.9 Å². The van der Waals surface area contributed by atoms with Crippen LogP contribution in [-0.4, -0.2) is 38.5 Å². The average molecular weight is 430 g/mol. The van der Waals surface area contributed by atoms with Gasteiger partial charge in [0.15, 0.2) is 17.0 Å². The fraction of sp³-hybridized carbons (Fsp3) is 0.435. The third kappa shape index (κ3) is 4.16. The highest BCUT2D eigenvalue weighted by atomic mass is 19.4. The van der Waals surface area contributed by atoms with Crippen molar-refractivity contribution in [3.63, 3.8) is 0 Å². The summed E-state index contributed by atoms with van der Waals surface area (Å²) >= 11 is 0. The van der Waals surface area contributed by atoms with Gasteiger partial charge in [0.2, 0.25) is 0 Å². The molecule has 0 radical (unpaired) electrons. The van der Waals surface area contributed by atoms with Gasteiger partial charge >= 0.3 is 6.18 Å². The van der Waals surface area contributed by atoms with Crippen molar-refractivity contribution < 1.29 is 18.0 Å². The van der Waals surface area contributed by atoms with Gasteiger partial charge in [-0.3, -0.25) is 4.79 Å². The predicted molar refractivity (Wildman–Crippen MR) is 112 cm³/mol. The zero-order chi connectivity index (χ0) is 22.5. The third-order valence-electron chi connectivity index (χ3n) is 5.90. The number of alkyl halides is 3. The summed E-state index contributed by atoms with van der Waals surface area (Å²) < 4.78 is 42.3. The van der Waals surface area contributed by atoms with E-state index in [1.807, 2.05) is 26.0 Å². The molecule has 1 saturated heterocycles. The summed E-state index contributed by atoms with van der Waals surface area (Å²) in [5.41, 5.74) is 1.82. The minimum Gasteiger partial charge on any atom is -0.337 e. The molecule has 1 aliphatic rings. The summed E-state index contributed by atoms with van der Waals surface area (Å²) in [7, 11) is 0. The van der Waals surface area contributed by atoms with Gasteiger partial charge in [-0.2, -0.15) is 18.3 Å². The predicted octanol–water partition coefficient (Wildman–Crippen LogP) is 5.15. The monoisotopic (exact) mass is 430 g/mol. The number of hydrogen-bond acceptors (Lipinski definition) is 3. The molecule has 1 aromatic carbocycles. The molecule has 0 bridgehead atoms. The molecule has 5 nitrogen and oxygen atoms in total. The van der Waals surface area contributed by atoms with Crippen molar-refractivity contribution in [2.45, 2.75) is 40.3 Å². The number of aromatic nitrogens is 3. The van der Waals surface area contributed by atoms with E-state index in [4.69, 9.17) is 0 Å². The van der Waals surface area contributed by atoms with Gasteiger partial charge in [-0.25, -0.2) is 9.50 Å². The molecule has 1 fully saturated rings. The van der Waals surface area contributed by atoms with Crippen LogP contribution in [0.5, 0.6) is 0 Å². The highest BCUT2D eigenvalue weighted by Crippen LogP contribution is 2.33. The number of carbonyl (C=O) groups is 1. The van der Waals surface area contributed by atoms with E-state index in [9.17, 15) is 18.0 Å². The maximum Gasteiger partial charge on any atom is 0.433 e. The molecule has 0 unspecified atom stereocenters. The molecule has 3 heterocycles. The lowest BCUT2D eigenvalue weighted by Gasteiger charge is -2.34. The van der Waals surface area contributed by atoms with Gasteiger partial charge in [0.25, 0.3) is 5.91 Å². The van der Waals surface area contributed by atoms with Gasteiger partial charge in [-0.1, -0.05) is 26.0 Å². The van der Waals surface area contributed by atoms with Crippen LogP contribution in [0.15, 0.2) is 30.3 Å². The number of rotatable bonds is 2. The minimum absolute atomic E-state index is 0.00418. The minimum atomic E-state index is -4.64. The molecule has 3 aromatic rings. The molecule has 8 heteroatoms. The van der Waals surface area contributed by atoms with E-state index in [-0.39, 0.29) is 22.9 Å². The number of halogens is 3. The first-order chi connectivity index (χ1) is 14.5. The van der Waals surface area contributed by atoms with Crippen LogP contribution in [0, 0.1) is 25.7 Å². The topological polar surface area (TPSA) is 50.5 Å². The number of amides is 1. The van der Waals surface area contributed by atoms with Crippen LogP contribution in [0.2, 0.25) is 0 Å². The largest absolute Gasteiger partial charge is 0.433 e. The lowest BCUT2D eigenvalue weighted by Crippen LogP contribution is -2.42. The van der Waals surface area contributed by atoms with Crippen molar-refractivity contribution in [1.29, 1.82) is 0 Å². The Hall–Kier alpha value is -2.90. The van der Waals surface area contributed by atoms with Crippen molar-refractivity contribution in [2.24, 2.45) is 11.8 Å². The van der Waals surface area contributed by atoms with Gasteiger partial charge in [-0.15, -0.1) is 0 Å². The fourth-order valence-electron chi connectivity index (χ4n) is 4.32. The Morgan fingerprint density at radius 2 is 1.71 bits per heavy atom. The van der Waals surface area contributed by atoms with Crippen LogP contribution in [0.1, 0.15) is 47.6 Å². The molecule has 0 aliphatic carbocycles. The van der Waals surface area contributed by atoms with E-state index in [0.717, 1.165) is 28.1 Å². The summed E-state index contributed by atoms with van der Waals surface area (Å²) in [5.74, 6) is 0.319. The smallest absolute Gasteiger partial charge is 0.337 e. The molecule has 0 saturated carbocycles. The Morgan fingerprint density at radius 3 is 2.32 bits per heavy atom. The molecule has 4 rings (SSSR count). The fourth-order valence-corrected chi connectivity index (χ4v) is 4.32. The number of piperidine rings is 1. The van der Waals surface area contributed by atoms with Gasteiger partial charge in [0.1, 0.15) is 0 Å². The van der Waals surface area contributed by atoms with E-state index in [0.29, 0.717) is 30.5 Å². The number of hydrogen-bond donors (Lipinski definition) is 0. The maximum absolute atomic E-state index is 13.8. The van der Waals surface area contributed by atoms with Crippen LogP contribution in [-0.2, 0) is 6.18 Å². The lowest BCUT2D eigenvalue weighted by atomic mass is 9.92. The molecule has 164 valence electrons. The lowest BCUT2D eigenvalue weighted by molar-refractivity contribution is -0.142. The SMILES string of the molecule is Cc1ccc(-c2cc(C(F)(F)F)n3nc(C(=O)N4C[C@H](C)C[C@@H](C)C4)cc3n2)cc1C. The van der Waals surface area contributed by atoms with Crippen LogP contribution < -0.4 is 0 Å². The van der Waals surface area contributed by atoms with Crippen molar-refractivity contribution in [3.05, 3.63) is 52.8 Å². The Morgan fingerprint density at radius 1 is 1.03 bits per heavy atom. The summed E-state index contributed by atoms with van der Waals surface area (Å²) in [5, 5.41) is 4.01. The standard InChI is InChI=1S/C23H25F3N4O/c1-13-7-14(2)12-29(11-13)22(31)19-10-21-27-18(17-6-5-15(3)16(4)8-17)9-20(23(24,25)26)30(21)28-19/h5-6,8-10,13-14H,7,11-12H2,1-4H3/t13-,14-/m1/s1. The third-order valence-corrected chi connectivity index (χ3v) is 5.90. The molecule has 0 spiro atoms. The Bertz CT molecular complexity index is 1140. The molecule has 31 heavy (non-hydrogen) atoms. The normalized spacial score (nSPS) is 19.8. The summed E-state index contributed by atoms with van der Waals surface area (Å²) in [6.07, 6.45) is -3.62. The Labute approximate surface area is 178 Å². The van der Waals surface area contributed by atoms with E-state index < -0.39 is 11.9 Å². The van der Waals surface area contributed by atoms with Crippen LogP contribution >= 0.6 is 0 Å². The number of likely N-dealkylation sites (tertiary alicyclic amines) is 1. The molecular formula is C23H25F3N4O. The molecule has 2 aromatic heterocycles. The van der Waals surface area contributed by atoms with Crippen LogP contribution in [0.25, 0.3) is 16.9 Å². The van der Waals surface area contributed by atoms with Crippen LogP contribution in [0.4, 0.5) is 13.2 Å². The van der Waals surface area contributed by atoms with E-state index in [1.54, 1.807) is 11.0 Å². The molecule has 1 aliphatic heterocycles. The average Bonchev–Trinajstić information content (AvgIpc) is 3.11. The van der Waals surface area contributed by atoms with E-state index >= 15 is 0 Å². The van der Waals surface area contributed by atoms with Gasteiger partial charge in [0.05, 0.1) is 5.69 Å². The summed E-state index contributed by atoms with van der Waals surface area (Å²) in [6.45, 7) is 9.12. The summed E-state index contributed by atoms with van der Waals surface area (Å²) in [4.78, 5) is 19.1.